The van der Waals surface area contributed by atoms with Crippen LogP contribution in [0.25, 0.3) is 0 Å². The minimum Gasteiger partial charge on any atom is -0.480 e. The first kappa shape index (κ1) is 27.3. The van der Waals surface area contributed by atoms with Gasteiger partial charge in [-0.1, -0.05) is 54.5 Å². The Hall–Kier alpha value is -3.93. The summed E-state index contributed by atoms with van der Waals surface area (Å²) in [5.74, 6) is -1.90. The Bertz CT molecular complexity index is 1050. The lowest BCUT2D eigenvalue weighted by atomic mass is 10.0. The zero-order valence-corrected chi connectivity index (χ0v) is 20.0. The number of aliphatic carboxylic acids is 1. The smallest absolute Gasteiger partial charge is 0.360 e. The lowest BCUT2D eigenvalue weighted by molar-refractivity contribution is -0.142. The van der Waals surface area contributed by atoms with Gasteiger partial charge in [0, 0.05) is 12.2 Å². The number of rotatable bonds is 11. The van der Waals surface area contributed by atoms with Gasteiger partial charge in [0.15, 0.2) is 5.96 Å². The fourth-order valence-electron chi connectivity index (χ4n) is 3.22. The molecule has 0 saturated heterocycles. The van der Waals surface area contributed by atoms with Gasteiger partial charge in [0.05, 0.1) is 11.7 Å². The van der Waals surface area contributed by atoms with E-state index in [2.05, 4.69) is 38.8 Å². The number of carbonyl (C=O) groups is 3. The molecule has 0 aliphatic carbocycles. The van der Waals surface area contributed by atoms with Gasteiger partial charge in [0.25, 0.3) is 0 Å². The molecule has 0 radical (unpaired) electrons. The van der Waals surface area contributed by atoms with Crippen molar-refractivity contribution in [1.29, 1.82) is 5.41 Å². The Kier molecular flexibility index (Phi) is 10.7. The summed E-state index contributed by atoms with van der Waals surface area (Å²) in [6, 6.07) is 11.7. The fourth-order valence-corrected chi connectivity index (χ4v) is 3.43. The van der Waals surface area contributed by atoms with Crippen LogP contribution in [0.4, 0.5) is 10.5 Å². The van der Waals surface area contributed by atoms with E-state index in [1.165, 1.54) is 0 Å². The summed E-state index contributed by atoms with van der Waals surface area (Å²) in [4.78, 5) is 37.4. The summed E-state index contributed by atoms with van der Waals surface area (Å²) in [6.07, 6.45) is 0.362. The van der Waals surface area contributed by atoms with E-state index in [1.807, 2.05) is 6.07 Å². The molecule has 0 fully saturated rings. The number of urea groups is 1. The van der Waals surface area contributed by atoms with E-state index >= 15 is 0 Å². The Morgan fingerprint density at radius 1 is 1.03 bits per heavy atom. The number of carboxylic acid groups (broad SMARTS) is 1. The van der Waals surface area contributed by atoms with Crippen molar-refractivity contribution in [3.8, 4) is 0 Å². The first-order chi connectivity index (χ1) is 16.7. The van der Waals surface area contributed by atoms with Crippen molar-refractivity contribution < 1.29 is 19.5 Å². The van der Waals surface area contributed by atoms with E-state index < -0.39 is 42.0 Å². The van der Waals surface area contributed by atoms with Crippen molar-refractivity contribution in [3.63, 3.8) is 0 Å². The third-order valence-corrected chi connectivity index (χ3v) is 5.38. The van der Waals surface area contributed by atoms with Gasteiger partial charge in [0.2, 0.25) is 5.91 Å². The van der Waals surface area contributed by atoms with Crippen molar-refractivity contribution >= 4 is 42.2 Å². The van der Waals surface area contributed by atoms with Crippen LogP contribution >= 0.6 is 12.6 Å². The molecule has 3 atom stereocenters. The van der Waals surface area contributed by atoms with Gasteiger partial charge in [-0.3, -0.25) is 10.2 Å². The van der Waals surface area contributed by atoms with Crippen LogP contribution in [0.2, 0.25) is 0 Å². The van der Waals surface area contributed by atoms with Gasteiger partial charge >= 0.3 is 12.0 Å². The van der Waals surface area contributed by atoms with E-state index in [4.69, 9.17) is 11.1 Å². The fraction of sp³-hybridized carbons (Fsp3) is 0.304. The molecule has 12 heteroatoms. The highest BCUT2D eigenvalue weighted by Crippen LogP contribution is 2.15. The molecule has 0 saturated carbocycles. The largest absolute Gasteiger partial charge is 0.480 e. The number of thiol groups is 1. The van der Waals surface area contributed by atoms with Gasteiger partial charge in [-0.15, -0.1) is 5.11 Å². The Balaban J connectivity index is 2.19. The number of amides is 3. The maximum absolute atomic E-state index is 13.1. The molecule has 3 amide bonds. The van der Waals surface area contributed by atoms with Crippen molar-refractivity contribution in [3.05, 3.63) is 65.7 Å². The van der Waals surface area contributed by atoms with Gasteiger partial charge in [-0.05, 0) is 29.7 Å². The topological polar surface area (TPSA) is 182 Å². The number of nitrogens with one attached hydrogen (secondary N) is 4. The van der Waals surface area contributed by atoms with Gasteiger partial charge in [0.1, 0.15) is 12.1 Å². The molecule has 0 aliphatic rings. The molecule has 0 heterocycles. The second-order valence-electron chi connectivity index (χ2n) is 7.61. The number of nitrogens with zero attached hydrogens (tertiary/aromatic N) is 2. The molecule has 11 nitrogen and oxygen atoms in total. The number of guanidine groups is 1. The summed E-state index contributed by atoms with van der Waals surface area (Å²) >= 11 is 4.18. The second-order valence-corrected chi connectivity index (χ2v) is 7.93. The molecule has 0 bridgehead atoms. The quantitative estimate of drug-likeness (QED) is 0.108. The molecule has 3 unspecified atom stereocenters. The van der Waals surface area contributed by atoms with Crippen LogP contribution in [0, 0.1) is 5.41 Å². The molecule has 0 aliphatic heterocycles. The maximum Gasteiger partial charge on any atom is 0.360 e. The third kappa shape index (κ3) is 9.08. The highest BCUT2D eigenvalue weighted by atomic mass is 32.1. The highest BCUT2D eigenvalue weighted by Gasteiger charge is 2.32. The normalized spacial score (nSPS) is 13.4. The molecule has 0 spiro atoms. The summed E-state index contributed by atoms with van der Waals surface area (Å²) < 4.78 is 0. The van der Waals surface area contributed by atoms with Crippen LogP contribution in [-0.2, 0) is 21.8 Å². The average Bonchev–Trinajstić information content (AvgIpc) is 2.84. The Morgan fingerprint density at radius 2 is 1.69 bits per heavy atom. The van der Waals surface area contributed by atoms with E-state index in [0.717, 1.165) is 11.1 Å². The first-order valence-electron chi connectivity index (χ1n) is 10.8. The lowest BCUT2D eigenvalue weighted by Gasteiger charge is -2.27. The lowest BCUT2D eigenvalue weighted by Crippen LogP contribution is -2.59. The van der Waals surface area contributed by atoms with Crippen LogP contribution in [0.3, 0.4) is 0 Å². The number of carboxylic acids is 1. The van der Waals surface area contributed by atoms with Gasteiger partial charge in [-0.25, -0.2) is 9.59 Å². The molecule has 35 heavy (non-hydrogen) atoms. The first-order valence-corrected chi connectivity index (χ1v) is 11.5. The maximum atomic E-state index is 13.1. The van der Waals surface area contributed by atoms with E-state index in [1.54, 1.807) is 55.5 Å². The zero-order valence-electron chi connectivity index (χ0n) is 19.1. The monoisotopic (exact) mass is 499 g/mol. The number of hydrogen-bond donors (Lipinski definition) is 7. The molecule has 186 valence electrons. The zero-order chi connectivity index (χ0) is 25.8. The SMILES string of the molecule is CCC(NC(=N)N)C(NC(=O)C(Cc1ccccc1)NC(=O)/N=N/c1ccc(CS)cc1)C(=O)O. The van der Waals surface area contributed by atoms with Crippen molar-refractivity contribution in [2.24, 2.45) is 16.0 Å². The minimum atomic E-state index is -1.39. The number of carbonyl (C=O) groups excluding carboxylic acids is 2. The Labute approximate surface area is 208 Å². The predicted octanol–water partition coefficient (Wildman–Crippen LogP) is 2.35. The van der Waals surface area contributed by atoms with E-state index in [9.17, 15) is 19.5 Å². The Morgan fingerprint density at radius 3 is 2.23 bits per heavy atom. The number of azo groups is 1. The van der Waals surface area contributed by atoms with Crippen LogP contribution < -0.4 is 21.7 Å². The molecular formula is C23H29N7O4S. The summed E-state index contributed by atoms with van der Waals surface area (Å²) in [5.41, 5.74) is 7.52. The third-order valence-electron chi connectivity index (χ3n) is 5.02. The number of nitrogens with two attached hydrogens (primary N) is 1. The highest BCUT2D eigenvalue weighted by molar-refractivity contribution is 7.79. The number of hydrogen-bond acceptors (Lipinski definition) is 6. The molecule has 0 aromatic heterocycles. The molecule has 2 rings (SSSR count). The van der Waals surface area contributed by atoms with Crippen LogP contribution in [0.1, 0.15) is 24.5 Å². The standard InChI is InChI=1S/C23H29N7O4S/c1-2-17(26-22(24)25)19(21(32)33)28-20(31)18(12-14-6-4-3-5-7-14)27-23(34)30-29-16-10-8-15(13-35)9-11-16/h3-11,17-19,35H,2,12-13H2,1H3,(H,27,34)(H,28,31)(H,32,33)(H4,24,25,26)/b30-29+. The van der Waals surface area contributed by atoms with Gasteiger partial charge in [-0.2, -0.15) is 12.6 Å². The molecule has 7 N–H and O–H groups in total. The van der Waals surface area contributed by atoms with Crippen molar-refractivity contribution in [1.82, 2.24) is 16.0 Å². The second kappa shape index (κ2) is 13.7. The summed E-state index contributed by atoms with van der Waals surface area (Å²) in [7, 11) is 0. The average molecular weight is 500 g/mol. The molecular weight excluding hydrogens is 470 g/mol. The predicted molar refractivity (Wildman–Crippen MR) is 135 cm³/mol. The van der Waals surface area contributed by atoms with E-state index in [-0.39, 0.29) is 12.8 Å². The molecule has 2 aromatic rings. The summed E-state index contributed by atoms with van der Waals surface area (Å²) in [5, 5.41) is 32.0. The van der Waals surface area contributed by atoms with Crippen LogP contribution in [-0.4, -0.2) is 47.1 Å². The minimum absolute atomic E-state index is 0.0911. The van der Waals surface area contributed by atoms with Crippen LogP contribution in [0.5, 0.6) is 0 Å². The molecule has 2 aromatic carbocycles. The van der Waals surface area contributed by atoms with Crippen molar-refractivity contribution in [2.45, 2.75) is 43.6 Å². The van der Waals surface area contributed by atoms with Crippen LogP contribution in [0.15, 0.2) is 64.8 Å². The van der Waals surface area contributed by atoms with E-state index in [0.29, 0.717) is 11.4 Å². The summed E-state index contributed by atoms with van der Waals surface area (Å²) in [6.45, 7) is 1.69. The van der Waals surface area contributed by atoms with Gasteiger partial charge < -0.3 is 26.8 Å². The number of benzene rings is 2. The van der Waals surface area contributed by atoms with Crippen molar-refractivity contribution in [2.75, 3.05) is 0 Å².